The lowest BCUT2D eigenvalue weighted by atomic mass is 9.93. The molecule has 2 rings (SSSR count). The summed E-state index contributed by atoms with van der Waals surface area (Å²) in [6.45, 7) is 3.08. The van der Waals surface area contributed by atoms with E-state index < -0.39 is 11.4 Å². The summed E-state index contributed by atoms with van der Waals surface area (Å²) in [5, 5.41) is 10.2. The molecule has 0 aliphatic rings. The number of hydrogen-bond donors (Lipinski definition) is 2. The van der Waals surface area contributed by atoms with Crippen LogP contribution in [0.1, 0.15) is 19.4 Å². The van der Waals surface area contributed by atoms with Crippen LogP contribution in [0.15, 0.2) is 18.3 Å². The molecule has 1 aromatic heterocycles. The first-order valence-electron chi connectivity index (χ1n) is 5.07. The third-order valence-corrected chi connectivity index (χ3v) is 2.86. The zero-order chi connectivity index (χ0) is 12.8. The van der Waals surface area contributed by atoms with Gasteiger partial charge in [0.1, 0.15) is 0 Å². The number of hydrogen-bond acceptors (Lipinski definition) is 3. The number of anilines is 1. The normalized spacial score (nSPS) is 12.1. The van der Waals surface area contributed by atoms with Crippen molar-refractivity contribution in [2.75, 3.05) is 5.73 Å². The van der Waals surface area contributed by atoms with Gasteiger partial charge in [0.2, 0.25) is 0 Å². The Morgan fingerprint density at radius 1 is 1.41 bits per heavy atom. The first kappa shape index (κ1) is 12.1. The Kier molecular flexibility index (Phi) is 2.72. The number of nitrogen functional groups attached to an aromatic ring is 1. The van der Waals surface area contributed by atoms with Crippen molar-refractivity contribution < 1.29 is 9.50 Å². The maximum atomic E-state index is 14.0. The highest BCUT2D eigenvalue weighted by Gasteiger charge is 2.25. The van der Waals surface area contributed by atoms with Gasteiger partial charge in [-0.05, 0) is 26.0 Å². The molecule has 2 aromatic rings. The minimum absolute atomic E-state index is 0.0181. The predicted octanol–water partition coefficient (Wildman–Crippen LogP) is 2.84. The van der Waals surface area contributed by atoms with Crippen LogP contribution in [0.4, 0.5) is 10.1 Å². The molecule has 0 fully saturated rings. The van der Waals surface area contributed by atoms with Crippen LogP contribution < -0.4 is 5.73 Å². The first-order valence-corrected chi connectivity index (χ1v) is 5.45. The van der Waals surface area contributed by atoms with Crippen molar-refractivity contribution in [1.82, 2.24) is 4.98 Å². The molecule has 0 unspecified atom stereocenters. The fourth-order valence-electron chi connectivity index (χ4n) is 1.89. The number of aliphatic hydroxyl groups is 1. The SMILES string of the molecule is CC(C)(O)c1c(N)cnc2ccc(Cl)c(F)c12. The van der Waals surface area contributed by atoms with Gasteiger partial charge in [0.15, 0.2) is 5.82 Å². The van der Waals surface area contributed by atoms with Crippen molar-refractivity contribution in [2.24, 2.45) is 0 Å². The summed E-state index contributed by atoms with van der Waals surface area (Å²) in [6.07, 6.45) is 1.41. The number of halogens is 2. The van der Waals surface area contributed by atoms with Gasteiger partial charge in [0.25, 0.3) is 0 Å². The molecule has 5 heteroatoms. The van der Waals surface area contributed by atoms with Crippen molar-refractivity contribution in [3.05, 3.63) is 34.7 Å². The van der Waals surface area contributed by atoms with Crippen LogP contribution in [0.5, 0.6) is 0 Å². The Hall–Kier alpha value is -1.39. The van der Waals surface area contributed by atoms with Gasteiger partial charge in [-0.3, -0.25) is 4.98 Å². The molecule has 0 aliphatic carbocycles. The van der Waals surface area contributed by atoms with E-state index in [9.17, 15) is 9.50 Å². The van der Waals surface area contributed by atoms with E-state index in [4.69, 9.17) is 17.3 Å². The van der Waals surface area contributed by atoms with E-state index in [1.807, 2.05) is 0 Å². The Morgan fingerprint density at radius 3 is 2.65 bits per heavy atom. The number of rotatable bonds is 1. The number of benzene rings is 1. The van der Waals surface area contributed by atoms with Crippen LogP contribution in [-0.4, -0.2) is 10.1 Å². The average Bonchev–Trinajstić information content (AvgIpc) is 2.22. The molecule has 1 aromatic carbocycles. The fourth-order valence-corrected chi connectivity index (χ4v) is 2.05. The molecule has 0 amide bonds. The van der Waals surface area contributed by atoms with E-state index in [0.717, 1.165) is 0 Å². The lowest BCUT2D eigenvalue weighted by Gasteiger charge is -2.22. The van der Waals surface area contributed by atoms with Crippen LogP contribution in [0, 0.1) is 5.82 Å². The quantitative estimate of drug-likeness (QED) is 0.823. The van der Waals surface area contributed by atoms with Crippen LogP contribution in [0.2, 0.25) is 5.02 Å². The summed E-state index contributed by atoms with van der Waals surface area (Å²) in [5.41, 5.74) is 5.46. The maximum absolute atomic E-state index is 14.0. The zero-order valence-corrected chi connectivity index (χ0v) is 10.2. The molecule has 0 atom stereocenters. The third-order valence-electron chi connectivity index (χ3n) is 2.57. The van der Waals surface area contributed by atoms with Gasteiger partial charge in [-0.2, -0.15) is 0 Å². The third kappa shape index (κ3) is 1.94. The highest BCUT2D eigenvalue weighted by atomic mass is 35.5. The van der Waals surface area contributed by atoms with Crippen molar-refractivity contribution in [3.8, 4) is 0 Å². The van der Waals surface area contributed by atoms with Gasteiger partial charge >= 0.3 is 0 Å². The van der Waals surface area contributed by atoms with Crippen LogP contribution in [0.25, 0.3) is 10.9 Å². The van der Waals surface area contributed by atoms with E-state index in [1.54, 1.807) is 19.9 Å². The summed E-state index contributed by atoms with van der Waals surface area (Å²) >= 11 is 5.74. The predicted molar refractivity (Wildman–Crippen MR) is 66.4 cm³/mol. The highest BCUT2D eigenvalue weighted by molar-refractivity contribution is 6.31. The zero-order valence-electron chi connectivity index (χ0n) is 9.46. The van der Waals surface area contributed by atoms with E-state index >= 15 is 0 Å². The monoisotopic (exact) mass is 254 g/mol. The van der Waals surface area contributed by atoms with Gasteiger partial charge in [-0.1, -0.05) is 11.6 Å². The van der Waals surface area contributed by atoms with Crippen LogP contribution in [-0.2, 0) is 5.60 Å². The molecule has 0 radical (unpaired) electrons. The van der Waals surface area contributed by atoms with Crippen molar-refractivity contribution >= 4 is 28.2 Å². The fraction of sp³-hybridized carbons (Fsp3) is 0.250. The smallest absolute Gasteiger partial charge is 0.151 e. The molecular formula is C12H12ClFN2O. The average molecular weight is 255 g/mol. The molecule has 17 heavy (non-hydrogen) atoms. The Bertz CT molecular complexity index is 588. The summed E-state index contributed by atoms with van der Waals surface area (Å²) in [6, 6.07) is 3.02. The highest BCUT2D eigenvalue weighted by Crippen LogP contribution is 2.35. The molecule has 0 bridgehead atoms. The van der Waals surface area contributed by atoms with Gasteiger partial charge in [0, 0.05) is 10.9 Å². The minimum atomic E-state index is -1.27. The molecule has 3 N–H and O–H groups in total. The Labute approximate surface area is 103 Å². The van der Waals surface area contributed by atoms with Gasteiger partial charge in [0.05, 0.1) is 28.0 Å². The van der Waals surface area contributed by atoms with Crippen molar-refractivity contribution in [1.29, 1.82) is 0 Å². The van der Waals surface area contributed by atoms with Crippen molar-refractivity contribution in [2.45, 2.75) is 19.4 Å². The molecule has 1 heterocycles. The second-order valence-corrected chi connectivity index (χ2v) is 4.81. The molecule has 0 spiro atoms. The number of pyridine rings is 1. The first-order chi connectivity index (χ1) is 7.82. The molecule has 90 valence electrons. The van der Waals surface area contributed by atoms with Gasteiger partial charge < -0.3 is 10.8 Å². The summed E-state index contributed by atoms with van der Waals surface area (Å²) in [5.74, 6) is -0.610. The van der Waals surface area contributed by atoms with E-state index in [0.29, 0.717) is 11.1 Å². The molecule has 0 saturated carbocycles. The number of fused-ring (bicyclic) bond motifs is 1. The maximum Gasteiger partial charge on any atom is 0.151 e. The molecule has 3 nitrogen and oxygen atoms in total. The largest absolute Gasteiger partial charge is 0.397 e. The molecule has 0 aliphatic heterocycles. The van der Waals surface area contributed by atoms with Crippen molar-refractivity contribution in [3.63, 3.8) is 0 Å². The molecular weight excluding hydrogens is 243 g/mol. The molecule has 0 saturated heterocycles. The lowest BCUT2D eigenvalue weighted by molar-refractivity contribution is 0.0807. The van der Waals surface area contributed by atoms with E-state index in [1.165, 1.54) is 12.3 Å². The summed E-state index contributed by atoms with van der Waals surface area (Å²) in [4.78, 5) is 4.02. The summed E-state index contributed by atoms with van der Waals surface area (Å²) < 4.78 is 14.0. The second kappa shape index (κ2) is 3.82. The van der Waals surface area contributed by atoms with Gasteiger partial charge in [-0.15, -0.1) is 0 Å². The van der Waals surface area contributed by atoms with Crippen LogP contribution in [0.3, 0.4) is 0 Å². The number of aromatic nitrogens is 1. The van der Waals surface area contributed by atoms with E-state index in [-0.39, 0.29) is 16.1 Å². The number of nitrogens with two attached hydrogens (primary N) is 1. The topological polar surface area (TPSA) is 59.1 Å². The Balaban J connectivity index is 2.99. The van der Waals surface area contributed by atoms with Gasteiger partial charge in [-0.25, -0.2) is 4.39 Å². The standard InChI is InChI=1S/C12H12ClFN2O/c1-12(2,17)10-7(15)5-16-8-4-3-6(13)11(14)9(8)10/h3-5,17H,15H2,1-2H3. The second-order valence-electron chi connectivity index (χ2n) is 4.40. The van der Waals surface area contributed by atoms with E-state index in [2.05, 4.69) is 4.98 Å². The Morgan fingerprint density at radius 2 is 2.06 bits per heavy atom. The lowest BCUT2D eigenvalue weighted by Crippen LogP contribution is -2.19. The number of nitrogens with zero attached hydrogens (tertiary/aromatic N) is 1. The summed E-state index contributed by atoms with van der Waals surface area (Å²) in [7, 11) is 0. The van der Waals surface area contributed by atoms with Crippen LogP contribution >= 0.6 is 11.6 Å². The minimum Gasteiger partial charge on any atom is -0.397 e.